The number of hydrogen-bond acceptors (Lipinski definition) is 4. The molecular weight excluding hydrogens is 244 g/mol. The number of phenols is 2. The van der Waals surface area contributed by atoms with Gasteiger partial charge in [0.1, 0.15) is 5.75 Å². The number of hydrogen-bond donors (Lipinski definition) is 2. The first-order chi connectivity index (χ1) is 9.10. The predicted octanol–water partition coefficient (Wildman–Crippen LogP) is 2.96. The zero-order valence-corrected chi connectivity index (χ0v) is 10.0. The molecule has 0 aliphatic carbocycles. The fourth-order valence-corrected chi connectivity index (χ4v) is 1.49. The minimum Gasteiger partial charge on any atom is -0.504 e. The van der Waals surface area contributed by atoms with Gasteiger partial charge in [-0.1, -0.05) is 24.8 Å². The molecule has 2 rings (SSSR count). The average Bonchev–Trinajstić information content (AvgIpc) is 2.42. The molecule has 0 fully saturated rings. The molecule has 0 unspecified atom stereocenters. The van der Waals surface area contributed by atoms with Gasteiger partial charge >= 0.3 is 5.97 Å². The Kier molecular flexibility index (Phi) is 3.52. The summed E-state index contributed by atoms with van der Waals surface area (Å²) < 4.78 is 5.13. The van der Waals surface area contributed by atoms with Crippen LogP contribution in [0.25, 0.3) is 6.08 Å². The van der Waals surface area contributed by atoms with Gasteiger partial charge in [-0.3, -0.25) is 0 Å². The van der Waals surface area contributed by atoms with Crippen LogP contribution < -0.4 is 4.74 Å². The SMILES string of the molecule is C=Cc1ccc(OC(=O)c2ccc(O)c(O)c2)cc1. The molecule has 0 bridgehead atoms. The van der Waals surface area contributed by atoms with E-state index in [9.17, 15) is 9.90 Å². The van der Waals surface area contributed by atoms with Crippen LogP contribution in [0.3, 0.4) is 0 Å². The smallest absolute Gasteiger partial charge is 0.343 e. The van der Waals surface area contributed by atoms with Crippen LogP contribution in [0.1, 0.15) is 15.9 Å². The number of carbonyl (C=O) groups is 1. The molecule has 2 aromatic rings. The maximum Gasteiger partial charge on any atom is 0.343 e. The molecule has 0 atom stereocenters. The highest BCUT2D eigenvalue weighted by molar-refractivity contribution is 5.91. The first-order valence-electron chi connectivity index (χ1n) is 5.57. The van der Waals surface area contributed by atoms with Crippen LogP contribution in [0, 0.1) is 0 Å². The largest absolute Gasteiger partial charge is 0.504 e. The lowest BCUT2D eigenvalue weighted by Gasteiger charge is -2.05. The third kappa shape index (κ3) is 2.93. The molecule has 0 saturated carbocycles. The van der Waals surface area contributed by atoms with Crippen molar-refractivity contribution in [3.8, 4) is 17.2 Å². The summed E-state index contributed by atoms with van der Waals surface area (Å²) >= 11 is 0. The average molecular weight is 256 g/mol. The molecule has 2 N–H and O–H groups in total. The number of rotatable bonds is 3. The van der Waals surface area contributed by atoms with E-state index in [1.165, 1.54) is 12.1 Å². The Labute approximate surface area is 110 Å². The van der Waals surface area contributed by atoms with Crippen LogP contribution in [-0.4, -0.2) is 16.2 Å². The second-order valence-corrected chi connectivity index (χ2v) is 3.87. The number of ether oxygens (including phenoxy) is 1. The van der Waals surface area contributed by atoms with E-state index < -0.39 is 5.97 Å². The van der Waals surface area contributed by atoms with Gasteiger partial charge in [-0.05, 0) is 35.9 Å². The van der Waals surface area contributed by atoms with Gasteiger partial charge in [-0.15, -0.1) is 0 Å². The molecule has 19 heavy (non-hydrogen) atoms. The highest BCUT2D eigenvalue weighted by atomic mass is 16.5. The zero-order chi connectivity index (χ0) is 13.8. The lowest BCUT2D eigenvalue weighted by Crippen LogP contribution is -2.08. The molecule has 0 aliphatic heterocycles. The van der Waals surface area contributed by atoms with Crippen molar-refractivity contribution < 1.29 is 19.7 Å². The van der Waals surface area contributed by atoms with E-state index >= 15 is 0 Å². The van der Waals surface area contributed by atoms with E-state index in [-0.39, 0.29) is 17.1 Å². The van der Waals surface area contributed by atoms with Gasteiger partial charge in [0.25, 0.3) is 0 Å². The second kappa shape index (κ2) is 5.27. The summed E-state index contributed by atoms with van der Waals surface area (Å²) in [4.78, 5) is 11.8. The Hall–Kier alpha value is -2.75. The Bertz CT molecular complexity index is 615. The van der Waals surface area contributed by atoms with Crippen LogP contribution in [0.4, 0.5) is 0 Å². The molecular formula is C15H12O4. The van der Waals surface area contributed by atoms with Crippen LogP contribution >= 0.6 is 0 Å². The fourth-order valence-electron chi connectivity index (χ4n) is 1.49. The molecule has 0 radical (unpaired) electrons. The number of benzene rings is 2. The van der Waals surface area contributed by atoms with Crippen molar-refractivity contribution in [2.24, 2.45) is 0 Å². The van der Waals surface area contributed by atoms with E-state index in [0.717, 1.165) is 11.6 Å². The van der Waals surface area contributed by atoms with Crippen LogP contribution in [0.15, 0.2) is 49.0 Å². The van der Waals surface area contributed by atoms with E-state index in [1.54, 1.807) is 30.3 Å². The van der Waals surface area contributed by atoms with Gasteiger partial charge in [0.15, 0.2) is 11.5 Å². The van der Waals surface area contributed by atoms with Crippen molar-refractivity contribution in [1.82, 2.24) is 0 Å². The van der Waals surface area contributed by atoms with Gasteiger partial charge in [0.05, 0.1) is 5.56 Å². The maximum absolute atomic E-state index is 11.8. The topological polar surface area (TPSA) is 66.8 Å². The standard InChI is InChI=1S/C15H12O4/c1-2-10-3-6-12(7-4-10)19-15(18)11-5-8-13(16)14(17)9-11/h2-9,16-17H,1H2. The molecule has 4 nitrogen and oxygen atoms in total. The third-order valence-corrected chi connectivity index (χ3v) is 2.54. The van der Waals surface area contributed by atoms with Gasteiger partial charge in [-0.2, -0.15) is 0 Å². The summed E-state index contributed by atoms with van der Waals surface area (Å²) in [7, 11) is 0. The third-order valence-electron chi connectivity index (χ3n) is 2.54. The highest BCUT2D eigenvalue weighted by Gasteiger charge is 2.11. The minimum absolute atomic E-state index is 0.156. The monoisotopic (exact) mass is 256 g/mol. The molecule has 4 heteroatoms. The fraction of sp³-hybridized carbons (Fsp3) is 0. The Morgan fingerprint density at radius 2 is 1.74 bits per heavy atom. The summed E-state index contributed by atoms with van der Waals surface area (Å²) in [5.41, 5.74) is 1.07. The molecule has 0 amide bonds. The molecule has 0 aromatic heterocycles. The summed E-state index contributed by atoms with van der Waals surface area (Å²) in [6.07, 6.45) is 1.68. The van der Waals surface area contributed by atoms with Crippen LogP contribution in [0.2, 0.25) is 0 Å². The predicted molar refractivity (Wildman–Crippen MR) is 71.3 cm³/mol. The van der Waals surface area contributed by atoms with Crippen molar-refractivity contribution in [2.75, 3.05) is 0 Å². The van der Waals surface area contributed by atoms with E-state index in [1.807, 2.05) is 0 Å². The van der Waals surface area contributed by atoms with E-state index in [0.29, 0.717) is 5.75 Å². The first kappa shape index (κ1) is 12.7. The quantitative estimate of drug-likeness (QED) is 0.503. The van der Waals surface area contributed by atoms with Crippen molar-refractivity contribution in [1.29, 1.82) is 0 Å². The first-order valence-corrected chi connectivity index (χ1v) is 5.57. The van der Waals surface area contributed by atoms with Crippen molar-refractivity contribution >= 4 is 12.0 Å². The minimum atomic E-state index is -0.610. The van der Waals surface area contributed by atoms with E-state index in [4.69, 9.17) is 9.84 Å². The normalized spacial score (nSPS) is 9.89. The van der Waals surface area contributed by atoms with Crippen LogP contribution in [0.5, 0.6) is 17.2 Å². The van der Waals surface area contributed by atoms with Gasteiger partial charge < -0.3 is 14.9 Å². The molecule has 0 aliphatic rings. The summed E-state index contributed by atoms with van der Waals surface area (Å²) in [5.74, 6) is -0.867. The van der Waals surface area contributed by atoms with Gasteiger partial charge in [-0.25, -0.2) is 4.79 Å². The molecule has 0 saturated heterocycles. The van der Waals surface area contributed by atoms with Gasteiger partial charge in [0.2, 0.25) is 0 Å². The number of aromatic hydroxyl groups is 2. The summed E-state index contributed by atoms with van der Waals surface area (Å²) in [6, 6.07) is 10.6. The lowest BCUT2D eigenvalue weighted by atomic mass is 10.2. The van der Waals surface area contributed by atoms with Crippen molar-refractivity contribution in [2.45, 2.75) is 0 Å². The molecule has 0 heterocycles. The Morgan fingerprint density at radius 1 is 1.05 bits per heavy atom. The second-order valence-electron chi connectivity index (χ2n) is 3.87. The van der Waals surface area contributed by atoms with Crippen LogP contribution in [-0.2, 0) is 0 Å². The van der Waals surface area contributed by atoms with Crippen molar-refractivity contribution in [3.63, 3.8) is 0 Å². The number of esters is 1. The Morgan fingerprint density at radius 3 is 2.32 bits per heavy atom. The van der Waals surface area contributed by atoms with Gasteiger partial charge in [0, 0.05) is 0 Å². The zero-order valence-electron chi connectivity index (χ0n) is 10.0. The number of carbonyl (C=O) groups excluding carboxylic acids is 1. The molecule has 96 valence electrons. The van der Waals surface area contributed by atoms with Crippen molar-refractivity contribution in [3.05, 3.63) is 60.2 Å². The highest BCUT2D eigenvalue weighted by Crippen LogP contribution is 2.25. The molecule has 0 spiro atoms. The Balaban J connectivity index is 2.15. The summed E-state index contributed by atoms with van der Waals surface area (Å²) in [5, 5.41) is 18.5. The van der Waals surface area contributed by atoms with E-state index in [2.05, 4.69) is 6.58 Å². The lowest BCUT2D eigenvalue weighted by molar-refractivity contribution is 0.0734. The summed E-state index contributed by atoms with van der Waals surface area (Å²) in [6.45, 7) is 3.63. The molecule has 2 aromatic carbocycles. The maximum atomic E-state index is 11.8. The number of phenolic OH excluding ortho intramolecular Hbond substituents is 2.